The Balaban J connectivity index is 1.75. The van der Waals surface area contributed by atoms with Crippen molar-refractivity contribution in [2.45, 2.75) is 32.6 Å². The number of hydrogen-bond acceptors (Lipinski definition) is 2. The fourth-order valence-corrected chi connectivity index (χ4v) is 2.66. The van der Waals surface area contributed by atoms with Crippen LogP contribution in [0.2, 0.25) is 0 Å². The number of hydrogen-bond donors (Lipinski definition) is 1. The molecule has 2 amide bonds. The smallest absolute Gasteiger partial charge is 0.317 e. The van der Waals surface area contributed by atoms with E-state index < -0.39 is 0 Å². The van der Waals surface area contributed by atoms with Gasteiger partial charge < -0.3 is 15.1 Å². The number of nitrogens with zero attached hydrogens (tertiary/aromatic N) is 2. The Labute approximate surface area is 104 Å². The van der Waals surface area contributed by atoms with E-state index in [0.717, 1.165) is 45.6 Å². The van der Waals surface area contributed by atoms with E-state index in [1.54, 1.807) is 0 Å². The van der Waals surface area contributed by atoms with Gasteiger partial charge in [0.05, 0.1) is 0 Å². The fourth-order valence-electron chi connectivity index (χ4n) is 2.66. The Hall–Kier alpha value is -0.770. The molecule has 0 radical (unpaired) electrons. The van der Waals surface area contributed by atoms with Gasteiger partial charge in [-0.25, -0.2) is 4.79 Å². The Morgan fingerprint density at radius 3 is 2.35 bits per heavy atom. The van der Waals surface area contributed by atoms with Gasteiger partial charge in [0.15, 0.2) is 0 Å². The van der Waals surface area contributed by atoms with Gasteiger partial charge in [-0.15, -0.1) is 0 Å². The highest BCUT2D eigenvalue weighted by molar-refractivity contribution is 5.74. The lowest BCUT2D eigenvalue weighted by Crippen LogP contribution is -2.46. The fraction of sp³-hybridized carbons (Fsp3) is 0.923. The standard InChI is InChI=1S/C13H25N3O/c1-13(5-9-15(2)10-6-13)11-14-12(17)16-7-3-4-8-16/h3-11H2,1-2H3,(H,14,17). The lowest BCUT2D eigenvalue weighted by Gasteiger charge is -2.38. The molecule has 2 heterocycles. The van der Waals surface area contributed by atoms with Crippen LogP contribution in [-0.2, 0) is 0 Å². The second-order valence-electron chi connectivity index (χ2n) is 5.97. The highest BCUT2D eigenvalue weighted by atomic mass is 16.2. The van der Waals surface area contributed by atoms with E-state index >= 15 is 0 Å². The first-order valence-corrected chi connectivity index (χ1v) is 6.80. The zero-order chi connectivity index (χ0) is 12.3. The maximum absolute atomic E-state index is 11.9. The van der Waals surface area contributed by atoms with Crippen molar-refractivity contribution in [1.29, 1.82) is 0 Å². The minimum absolute atomic E-state index is 0.141. The van der Waals surface area contributed by atoms with Gasteiger partial charge in [-0.1, -0.05) is 6.92 Å². The number of piperidine rings is 1. The van der Waals surface area contributed by atoms with E-state index in [1.807, 2.05) is 4.90 Å². The third-order valence-corrected chi connectivity index (χ3v) is 4.25. The second kappa shape index (κ2) is 5.25. The predicted octanol–water partition coefficient (Wildman–Crippen LogP) is 1.52. The molecule has 0 bridgehead atoms. The molecular weight excluding hydrogens is 214 g/mol. The van der Waals surface area contributed by atoms with E-state index in [2.05, 4.69) is 24.2 Å². The van der Waals surface area contributed by atoms with Crippen LogP contribution in [0.25, 0.3) is 0 Å². The van der Waals surface area contributed by atoms with Crippen molar-refractivity contribution >= 4 is 6.03 Å². The number of carbonyl (C=O) groups is 1. The van der Waals surface area contributed by atoms with E-state index in [0.29, 0.717) is 5.41 Å². The van der Waals surface area contributed by atoms with E-state index in [-0.39, 0.29) is 6.03 Å². The first-order valence-electron chi connectivity index (χ1n) is 6.80. The summed E-state index contributed by atoms with van der Waals surface area (Å²) in [4.78, 5) is 16.2. The molecule has 2 saturated heterocycles. The normalized spacial score (nSPS) is 24.9. The van der Waals surface area contributed by atoms with Crippen LogP contribution in [0.1, 0.15) is 32.6 Å². The minimum Gasteiger partial charge on any atom is -0.337 e. The Morgan fingerprint density at radius 1 is 1.18 bits per heavy atom. The van der Waals surface area contributed by atoms with Gasteiger partial charge in [0.2, 0.25) is 0 Å². The van der Waals surface area contributed by atoms with Gasteiger partial charge >= 0.3 is 6.03 Å². The molecule has 2 fully saturated rings. The summed E-state index contributed by atoms with van der Waals surface area (Å²) in [6, 6.07) is 0.141. The van der Waals surface area contributed by atoms with Crippen molar-refractivity contribution in [2.75, 3.05) is 39.8 Å². The third kappa shape index (κ3) is 3.35. The highest BCUT2D eigenvalue weighted by Gasteiger charge is 2.30. The quantitative estimate of drug-likeness (QED) is 0.793. The Morgan fingerprint density at radius 2 is 1.76 bits per heavy atom. The van der Waals surface area contributed by atoms with Crippen molar-refractivity contribution in [3.63, 3.8) is 0 Å². The van der Waals surface area contributed by atoms with Gasteiger partial charge in [-0.3, -0.25) is 0 Å². The van der Waals surface area contributed by atoms with Crippen LogP contribution in [0.15, 0.2) is 0 Å². The van der Waals surface area contributed by atoms with Crippen LogP contribution in [-0.4, -0.2) is 55.6 Å². The van der Waals surface area contributed by atoms with E-state index in [1.165, 1.54) is 12.8 Å². The monoisotopic (exact) mass is 239 g/mol. The molecule has 4 nitrogen and oxygen atoms in total. The molecule has 2 rings (SSSR count). The Kier molecular flexibility index (Phi) is 3.92. The maximum Gasteiger partial charge on any atom is 0.317 e. The molecule has 17 heavy (non-hydrogen) atoms. The lowest BCUT2D eigenvalue weighted by atomic mass is 9.80. The topological polar surface area (TPSA) is 35.6 Å². The number of amides is 2. The Bertz CT molecular complexity index is 266. The molecule has 2 aliphatic heterocycles. The second-order valence-corrected chi connectivity index (χ2v) is 5.97. The molecule has 0 aromatic rings. The molecule has 4 heteroatoms. The van der Waals surface area contributed by atoms with Crippen molar-refractivity contribution in [3.8, 4) is 0 Å². The molecule has 98 valence electrons. The molecule has 0 aromatic heterocycles. The average Bonchev–Trinajstić information content (AvgIpc) is 2.84. The number of nitrogens with one attached hydrogen (secondary N) is 1. The van der Waals surface area contributed by atoms with Gasteiger partial charge in [0.25, 0.3) is 0 Å². The SMILES string of the molecule is CN1CCC(C)(CNC(=O)N2CCCC2)CC1. The number of urea groups is 1. The van der Waals surface area contributed by atoms with Crippen LogP contribution in [0.4, 0.5) is 4.79 Å². The van der Waals surface area contributed by atoms with E-state index in [4.69, 9.17) is 0 Å². The van der Waals surface area contributed by atoms with Crippen molar-refractivity contribution in [1.82, 2.24) is 15.1 Å². The molecule has 0 aromatic carbocycles. The molecule has 0 spiro atoms. The van der Waals surface area contributed by atoms with Crippen molar-refractivity contribution in [3.05, 3.63) is 0 Å². The zero-order valence-electron chi connectivity index (χ0n) is 11.2. The molecule has 0 saturated carbocycles. The van der Waals surface area contributed by atoms with Crippen LogP contribution < -0.4 is 5.32 Å². The molecule has 0 atom stereocenters. The molecule has 2 aliphatic rings. The largest absolute Gasteiger partial charge is 0.337 e. The summed E-state index contributed by atoms with van der Waals surface area (Å²) in [6.45, 7) is 7.29. The van der Waals surface area contributed by atoms with E-state index in [9.17, 15) is 4.79 Å². The summed E-state index contributed by atoms with van der Waals surface area (Å²) in [6.07, 6.45) is 4.69. The van der Waals surface area contributed by atoms with Gasteiger partial charge in [-0.2, -0.15) is 0 Å². The number of carbonyl (C=O) groups excluding carboxylic acids is 1. The van der Waals surface area contributed by atoms with Gasteiger partial charge in [0, 0.05) is 19.6 Å². The highest BCUT2D eigenvalue weighted by Crippen LogP contribution is 2.29. The first-order chi connectivity index (χ1) is 8.09. The summed E-state index contributed by atoms with van der Waals surface area (Å²) >= 11 is 0. The maximum atomic E-state index is 11.9. The summed E-state index contributed by atoms with van der Waals surface area (Å²) < 4.78 is 0. The molecule has 1 N–H and O–H groups in total. The van der Waals surface area contributed by atoms with Gasteiger partial charge in [-0.05, 0) is 51.2 Å². The van der Waals surface area contributed by atoms with Crippen LogP contribution >= 0.6 is 0 Å². The summed E-state index contributed by atoms with van der Waals surface area (Å²) in [5.74, 6) is 0. The molecule has 0 unspecified atom stereocenters. The van der Waals surface area contributed by atoms with Crippen LogP contribution in [0.3, 0.4) is 0 Å². The number of rotatable bonds is 2. The lowest BCUT2D eigenvalue weighted by molar-refractivity contribution is 0.134. The first kappa shape index (κ1) is 12.7. The average molecular weight is 239 g/mol. The van der Waals surface area contributed by atoms with Crippen LogP contribution in [0.5, 0.6) is 0 Å². The summed E-state index contributed by atoms with van der Waals surface area (Å²) in [5, 5.41) is 3.12. The third-order valence-electron chi connectivity index (χ3n) is 4.25. The molecule has 0 aliphatic carbocycles. The van der Waals surface area contributed by atoms with Crippen LogP contribution in [0, 0.1) is 5.41 Å². The number of likely N-dealkylation sites (tertiary alicyclic amines) is 2. The van der Waals surface area contributed by atoms with Gasteiger partial charge in [0.1, 0.15) is 0 Å². The van der Waals surface area contributed by atoms with Crippen molar-refractivity contribution in [2.24, 2.45) is 5.41 Å². The summed E-state index contributed by atoms with van der Waals surface area (Å²) in [7, 11) is 2.17. The zero-order valence-corrected chi connectivity index (χ0v) is 11.2. The predicted molar refractivity (Wildman–Crippen MR) is 69.0 cm³/mol. The van der Waals surface area contributed by atoms with Crippen molar-refractivity contribution < 1.29 is 4.79 Å². The summed E-state index contributed by atoms with van der Waals surface area (Å²) in [5.41, 5.74) is 0.294. The molecular formula is C13H25N3O. The minimum atomic E-state index is 0.141.